The third-order valence-corrected chi connectivity index (χ3v) is 4.79. The van der Waals surface area contributed by atoms with Crippen LogP contribution in [-0.4, -0.2) is 42.1 Å². The maximum absolute atomic E-state index is 7.39. The number of pyridine rings is 1. The van der Waals surface area contributed by atoms with E-state index in [0.29, 0.717) is 0 Å². The van der Waals surface area contributed by atoms with Crippen LogP contribution in [0, 0.1) is 4.78 Å². The van der Waals surface area contributed by atoms with Gasteiger partial charge in [-0.2, -0.15) is 0 Å². The van der Waals surface area contributed by atoms with Gasteiger partial charge in [-0.15, -0.1) is 0 Å². The minimum absolute atomic E-state index is 0.185. The third-order valence-electron chi connectivity index (χ3n) is 4.09. The number of methoxy groups -OCH3 is 1. The van der Waals surface area contributed by atoms with Crippen LogP contribution in [0.3, 0.4) is 0 Å². The highest BCUT2D eigenvalue weighted by Crippen LogP contribution is 2.29. The highest BCUT2D eigenvalue weighted by molar-refractivity contribution is 7.66. The summed E-state index contributed by atoms with van der Waals surface area (Å²) in [6, 6.07) is 7.82. The molecule has 0 radical (unpaired) electrons. The SMILES string of the molecule is COc1ccc2c(OC3CCN(C[SH3]=N)CC3)ccnc2c1. The molecule has 3 rings (SSSR count). The van der Waals surface area contributed by atoms with Gasteiger partial charge in [0.2, 0.25) is 0 Å². The van der Waals surface area contributed by atoms with Crippen LogP contribution in [0.4, 0.5) is 0 Å². The minimum atomic E-state index is -0.185. The van der Waals surface area contributed by atoms with Gasteiger partial charge in [0, 0.05) is 36.6 Å². The lowest BCUT2D eigenvalue weighted by molar-refractivity contribution is 0.112. The molecule has 22 heavy (non-hydrogen) atoms. The first-order valence-corrected chi connectivity index (χ1v) is 9.00. The van der Waals surface area contributed by atoms with Crippen LogP contribution in [0.5, 0.6) is 11.5 Å². The van der Waals surface area contributed by atoms with Gasteiger partial charge < -0.3 is 14.3 Å². The van der Waals surface area contributed by atoms with E-state index >= 15 is 0 Å². The van der Waals surface area contributed by atoms with E-state index in [4.69, 9.17) is 14.3 Å². The molecule has 1 fully saturated rings. The van der Waals surface area contributed by atoms with E-state index in [0.717, 1.165) is 54.2 Å². The summed E-state index contributed by atoms with van der Waals surface area (Å²) in [7, 11) is 1.66. The zero-order chi connectivity index (χ0) is 15.4. The number of aromatic nitrogens is 1. The lowest BCUT2D eigenvalue weighted by atomic mass is 10.1. The quantitative estimate of drug-likeness (QED) is 0.916. The van der Waals surface area contributed by atoms with Gasteiger partial charge in [-0.3, -0.25) is 9.88 Å². The lowest BCUT2D eigenvalue weighted by Crippen LogP contribution is -2.38. The second-order valence-corrected chi connectivity index (χ2v) is 6.29. The zero-order valence-electron chi connectivity index (χ0n) is 12.8. The molecule has 5 nitrogen and oxygen atoms in total. The van der Waals surface area contributed by atoms with Gasteiger partial charge in [0.15, 0.2) is 0 Å². The summed E-state index contributed by atoms with van der Waals surface area (Å²) in [5.74, 6) is 2.66. The van der Waals surface area contributed by atoms with Crippen molar-refractivity contribution < 1.29 is 9.47 Å². The van der Waals surface area contributed by atoms with E-state index < -0.39 is 0 Å². The Morgan fingerprint density at radius 1 is 1.32 bits per heavy atom. The Kier molecular flexibility index (Phi) is 4.90. The Hall–Kier alpha value is -1.66. The molecule has 1 N–H and O–H groups in total. The van der Waals surface area contributed by atoms with Crippen molar-refractivity contribution in [2.24, 2.45) is 0 Å². The van der Waals surface area contributed by atoms with Gasteiger partial charge in [0.1, 0.15) is 17.6 Å². The number of rotatable bonds is 5. The van der Waals surface area contributed by atoms with Crippen molar-refractivity contribution in [3.05, 3.63) is 30.5 Å². The molecule has 0 unspecified atom stereocenters. The first-order valence-electron chi connectivity index (χ1n) is 7.61. The van der Waals surface area contributed by atoms with Crippen LogP contribution in [0.2, 0.25) is 0 Å². The van der Waals surface area contributed by atoms with Gasteiger partial charge in [0.25, 0.3) is 0 Å². The minimum Gasteiger partial charge on any atom is -0.497 e. The zero-order valence-corrected chi connectivity index (χ0v) is 13.9. The number of benzene rings is 1. The average molecular weight is 321 g/mol. The van der Waals surface area contributed by atoms with E-state index in [1.807, 2.05) is 24.3 Å². The molecule has 2 heterocycles. The third kappa shape index (κ3) is 3.39. The molecule has 0 spiro atoms. The molecule has 6 heteroatoms. The Morgan fingerprint density at radius 3 is 2.86 bits per heavy atom. The summed E-state index contributed by atoms with van der Waals surface area (Å²) in [4.78, 5) is 6.77. The molecule has 0 saturated carbocycles. The second-order valence-electron chi connectivity index (χ2n) is 5.51. The maximum atomic E-state index is 7.39. The number of ether oxygens (including phenoxy) is 2. The summed E-state index contributed by atoms with van der Waals surface area (Å²) in [5, 5.41) is 1.03. The van der Waals surface area contributed by atoms with E-state index in [9.17, 15) is 0 Å². The number of nitrogens with zero attached hydrogens (tertiary/aromatic N) is 2. The Morgan fingerprint density at radius 2 is 2.14 bits per heavy atom. The molecule has 0 atom stereocenters. The summed E-state index contributed by atoms with van der Waals surface area (Å²) in [6.45, 7) is 2.07. The molecule has 0 aliphatic carbocycles. The molecular weight excluding hydrogens is 298 g/mol. The fourth-order valence-corrected chi connectivity index (χ4v) is 3.47. The summed E-state index contributed by atoms with van der Waals surface area (Å²) in [5.41, 5.74) is 0.895. The largest absolute Gasteiger partial charge is 0.497 e. The molecule has 1 aromatic heterocycles. The standard InChI is InChI=1S/C16H23N3O2S/c1-20-13-2-3-14-15(10-13)18-7-4-16(14)21-12-5-8-19(9-6-12)11-22-17/h2-4,7,10,12,17H,5-6,8-9,11H2,1,22H3. The van der Waals surface area contributed by atoms with Crippen molar-refractivity contribution >= 4 is 22.5 Å². The second kappa shape index (κ2) is 7.07. The first-order chi connectivity index (χ1) is 10.8. The maximum Gasteiger partial charge on any atom is 0.130 e. The summed E-state index contributed by atoms with van der Waals surface area (Å²) < 4.78 is 18.9. The Balaban J connectivity index is 1.73. The average Bonchev–Trinajstić information content (AvgIpc) is 2.56. The number of hydrogen-bond acceptors (Lipinski definition) is 5. The number of hydrogen-bond donors (Lipinski definition) is 1. The van der Waals surface area contributed by atoms with Crippen LogP contribution < -0.4 is 9.47 Å². The monoisotopic (exact) mass is 321 g/mol. The van der Waals surface area contributed by atoms with Crippen molar-refractivity contribution in [3.8, 4) is 11.5 Å². The van der Waals surface area contributed by atoms with Crippen molar-refractivity contribution in [2.45, 2.75) is 18.9 Å². The molecule has 2 aromatic rings. The highest BCUT2D eigenvalue weighted by Gasteiger charge is 2.20. The van der Waals surface area contributed by atoms with Crippen LogP contribution in [0.1, 0.15) is 12.8 Å². The molecule has 1 aliphatic rings. The number of nitrogens with one attached hydrogen (secondary N) is 1. The van der Waals surface area contributed by atoms with E-state index in [2.05, 4.69) is 9.88 Å². The van der Waals surface area contributed by atoms with Gasteiger partial charge in [0.05, 0.1) is 12.6 Å². The smallest absolute Gasteiger partial charge is 0.130 e. The van der Waals surface area contributed by atoms with Crippen LogP contribution in [-0.2, 0) is 11.6 Å². The van der Waals surface area contributed by atoms with Crippen molar-refractivity contribution in [1.82, 2.24) is 9.88 Å². The predicted molar refractivity (Wildman–Crippen MR) is 92.7 cm³/mol. The van der Waals surface area contributed by atoms with Crippen LogP contribution >= 0.6 is 0 Å². The topological polar surface area (TPSA) is 58.4 Å². The summed E-state index contributed by atoms with van der Waals surface area (Å²) in [6.07, 6.45) is 4.10. The lowest BCUT2D eigenvalue weighted by Gasteiger charge is -2.31. The summed E-state index contributed by atoms with van der Waals surface area (Å²) >= 11 is -0.185. The van der Waals surface area contributed by atoms with Crippen LogP contribution in [0.25, 0.3) is 10.9 Å². The molecule has 0 bridgehead atoms. The normalized spacial score (nSPS) is 17.0. The molecule has 1 aromatic carbocycles. The number of fused-ring (bicyclic) bond motifs is 1. The molecule has 1 saturated heterocycles. The Labute approximate surface area is 134 Å². The van der Waals surface area contributed by atoms with Gasteiger partial charge in [-0.05, 0) is 31.0 Å². The Bertz CT molecular complexity index is 657. The van der Waals surface area contributed by atoms with Crippen molar-refractivity contribution in [2.75, 3.05) is 26.1 Å². The molecule has 0 amide bonds. The van der Waals surface area contributed by atoms with Gasteiger partial charge in [-0.1, -0.05) is 0 Å². The fraction of sp³-hybridized carbons (Fsp3) is 0.438. The molecule has 1 aliphatic heterocycles. The molecular formula is C16H23N3O2S. The van der Waals surface area contributed by atoms with E-state index in [1.54, 1.807) is 13.3 Å². The van der Waals surface area contributed by atoms with Crippen molar-refractivity contribution in [1.29, 1.82) is 4.78 Å². The highest BCUT2D eigenvalue weighted by atomic mass is 32.1. The van der Waals surface area contributed by atoms with E-state index in [1.165, 1.54) is 0 Å². The van der Waals surface area contributed by atoms with Crippen LogP contribution in [0.15, 0.2) is 30.5 Å². The van der Waals surface area contributed by atoms with E-state index in [-0.39, 0.29) is 17.7 Å². The van der Waals surface area contributed by atoms with Gasteiger partial charge >= 0.3 is 0 Å². The van der Waals surface area contributed by atoms with Crippen molar-refractivity contribution in [3.63, 3.8) is 0 Å². The fourth-order valence-electron chi connectivity index (χ4n) is 2.85. The number of piperidine rings is 1. The van der Waals surface area contributed by atoms with Gasteiger partial charge in [-0.25, -0.2) is 11.6 Å². The number of likely N-dealkylation sites (tertiary alicyclic amines) is 1. The predicted octanol–water partition coefficient (Wildman–Crippen LogP) is 2.09. The first kappa shape index (κ1) is 15.2. The molecule has 120 valence electrons.